The highest BCUT2D eigenvalue weighted by Gasteiger charge is 2.20. The van der Waals surface area contributed by atoms with E-state index in [1.165, 1.54) is 11.3 Å². The van der Waals surface area contributed by atoms with Gasteiger partial charge in [-0.25, -0.2) is 0 Å². The minimum Gasteiger partial charge on any atom is -0.393 e. The fraction of sp³-hybridized carbons (Fsp3) is 0.786. The number of hydrogen-bond donors (Lipinski definition) is 1. The van der Waals surface area contributed by atoms with E-state index in [2.05, 4.69) is 35.5 Å². The molecule has 4 nitrogen and oxygen atoms in total. The van der Waals surface area contributed by atoms with Crippen LogP contribution in [-0.4, -0.2) is 39.0 Å². The van der Waals surface area contributed by atoms with Crippen molar-refractivity contribution in [2.75, 3.05) is 13.1 Å². The number of piperidine rings is 1. The van der Waals surface area contributed by atoms with Crippen molar-refractivity contribution in [3.05, 3.63) is 17.0 Å². The van der Waals surface area contributed by atoms with Crippen LogP contribution >= 0.6 is 0 Å². The van der Waals surface area contributed by atoms with Gasteiger partial charge >= 0.3 is 0 Å². The van der Waals surface area contributed by atoms with E-state index in [1.807, 2.05) is 0 Å². The number of hydrogen-bond acceptors (Lipinski definition) is 3. The molecule has 0 saturated carbocycles. The predicted molar refractivity (Wildman–Crippen MR) is 72.5 cm³/mol. The molecule has 1 N–H and O–H groups in total. The van der Waals surface area contributed by atoms with Gasteiger partial charge in [0, 0.05) is 37.4 Å². The molecule has 1 fully saturated rings. The maximum absolute atomic E-state index is 9.53. The molecular weight excluding hydrogens is 226 g/mol. The van der Waals surface area contributed by atoms with Crippen LogP contribution in [0.25, 0.3) is 0 Å². The standard InChI is InChI=1S/C14H25N3O/c1-4-7-17-12(3)14(11(2)15-17)10-16-8-5-13(18)6-9-16/h13,18H,4-10H2,1-3H3. The zero-order valence-electron chi connectivity index (χ0n) is 11.8. The molecule has 1 aromatic rings. The van der Waals surface area contributed by atoms with Gasteiger partial charge < -0.3 is 5.11 Å². The van der Waals surface area contributed by atoms with Crippen molar-refractivity contribution in [3.63, 3.8) is 0 Å². The number of aliphatic hydroxyl groups is 1. The van der Waals surface area contributed by atoms with E-state index in [0.717, 1.165) is 51.1 Å². The van der Waals surface area contributed by atoms with E-state index in [-0.39, 0.29) is 6.10 Å². The van der Waals surface area contributed by atoms with Crippen LogP contribution in [0.2, 0.25) is 0 Å². The van der Waals surface area contributed by atoms with Crippen LogP contribution in [0.3, 0.4) is 0 Å². The second-order valence-corrected chi connectivity index (χ2v) is 5.38. The third-order valence-corrected chi connectivity index (χ3v) is 3.91. The molecule has 0 bridgehead atoms. The first-order valence-corrected chi connectivity index (χ1v) is 7.05. The molecule has 1 saturated heterocycles. The molecule has 2 heterocycles. The Morgan fingerprint density at radius 2 is 1.94 bits per heavy atom. The number of aliphatic hydroxyl groups excluding tert-OH is 1. The summed E-state index contributed by atoms with van der Waals surface area (Å²) in [4.78, 5) is 2.43. The number of nitrogens with zero attached hydrogens (tertiary/aromatic N) is 3. The first-order valence-electron chi connectivity index (χ1n) is 7.05. The summed E-state index contributed by atoms with van der Waals surface area (Å²) < 4.78 is 2.13. The average molecular weight is 251 g/mol. The quantitative estimate of drug-likeness (QED) is 0.888. The van der Waals surface area contributed by atoms with Gasteiger partial charge in [-0.1, -0.05) is 6.92 Å². The smallest absolute Gasteiger partial charge is 0.0641 e. The summed E-state index contributed by atoms with van der Waals surface area (Å²) in [6.45, 7) is 10.4. The number of aromatic nitrogens is 2. The van der Waals surface area contributed by atoms with Gasteiger partial charge in [0.25, 0.3) is 0 Å². The summed E-state index contributed by atoms with van der Waals surface area (Å²) in [5.74, 6) is 0. The topological polar surface area (TPSA) is 41.3 Å². The van der Waals surface area contributed by atoms with Crippen molar-refractivity contribution in [2.45, 2.75) is 59.2 Å². The lowest BCUT2D eigenvalue weighted by atomic mass is 10.1. The lowest BCUT2D eigenvalue weighted by Gasteiger charge is -2.29. The minimum atomic E-state index is -0.0914. The summed E-state index contributed by atoms with van der Waals surface area (Å²) in [6.07, 6.45) is 2.84. The van der Waals surface area contributed by atoms with Crippen molar-refractivity contribution in [1.29, 1.82) is 0 Å². The summed E-state index contributed by atoms with van der Waals surface area (Å²) >= 11 is 0. The van der Waals surface area contributed by atoms with Gasteiger partial charge in [0.2, 0.25) is 0 Å². The molecule has 0 spiro atoms. The molecule has 102 valence electrons. The van der Waals surface area contributed by atoms with E-state index in [9.17, 15) is 5.11 Å². The van der Waals surface area contributed by atoms with Crippen LogP contribution in [0.4, 0.5) is 0 Å². The normalized spacial score (nSPS) is 18.4. The van der Waals surface area contributed by atoms with Crippen LogP contribution < -0.4 is 0 Å². The van der Waals surface area contributed by atoms with Crippen LogP contribution in [0.1, 0.15) is 43.1 Å². The van der Waals surface area contributed by atoms with Gasteiger partial charge in [-0.05, 0) is 33.1 Å². The molecule has 1 aliphatic heterocycles. The largest absolute Gasteiger partial charge is 0.393 e. The highest BCUT2D eigenvalue weighted by Crippen LogP contribution is 2.19. The van der Waals surface area contributed by atoms with Gasteiger partial charge in [0.15, 0.2) is 0 Å². The second-order valence-electron chi connectivity index (χ2n) is 5.38. The Balaban J connectivity index is 2.04. The van der Waals surface area contributed by atoms with Gasteiger partial charge in [-0.15, -0.1) is 0 Å². The van der Waals surface area contributed by atoms with E-state index in [0.29, 0.717) is 0 Å². The summed E-state index contributed by atoms with van der Waals surface area (Å²) in [6, 6.07) is 0. The van der Waals surface area contributed by atoms with Crippen LogP contribution in [0.5, 0.6) is 0 Å². The molecule has 0 amide bonds. The highest BCUT2D eigenvalue weighted by atomic mass is 16.3. The van der Waals surface area contributed by atoms with Gasteiger partial charge in [-0.3, -0.25) is 9.58 Å². The highest BCUT2D eigenvalue weighted by molar-refractivity contribution is 5.24. The van der Waals surface area contributed by atoms with Crippen LogP contribution in [0.15, 0.2) is 0 Å². The summed E-state index contributed by atoms with van der Waals surface area (Å²) in [5, 5.41) is 14.2. The molecule has 1 aromatic heterocycles. The number of aryl methyl sites for hydroxylation is 2. The third-order valence-electron chi connectivity index (χ3n) is 3.91. The van der Waals surface area contributed by atoms with Crippen molar-refractivity contribution in [1.82, 2.24) is 14.7 Å². The van der Waals surface area contributed by atoms with E-state index in [1.54, 1.807) is 0 Å². The SMILES string of the molecule is CCCn1nc(C)c(CN2CCC(O)CC2)c1C. The van der Waals surface area contributed by atoms with Gasteiger partial charge in [0.1, 0.15) is 0 Å². The molecule has 0 radical (unpaired) electrons. The van der Waals surface area contributed by atoms with Crippen LogP contribution in [0, 0.1) is 13.8 Å². The lowest BCUT2D eigenvalue weighted by Crippen LogP contribution is -2.35. The molecule has 2 rings (SSSR count). The molecule has 0 unspecified atom stereocenters. The van der Waals surface area contributed by atoms with E-state index < -0.39 is 0 Å². The Morgan fingerprint density at radius 1 is 1.28 bits per heavy atom. The Morgan fingerprint density at radius 3 is 2.56 bits per heavy atom. The Hall–Kier alpha value is -0.870. The summed E-state index contributed by atoms with van der Waals surface area (Å²) in [5.41, 5.74) is 3.84. The molecule has 0 aliphatic carbocycles. The fourth-order valence-electron chi connectivity index (χ4n) is 2.69. The Bertz CT molecular complexity index is 392. The van der Waals surface area contributed by atoms with Crippen LogP contribution in [-0.2, 0) is 13.1 Å². The van der Waals surface area contributed by atoms with Gasteiger partial charge in [0.05, 0.1) is 11.8 Å². The van der Waals surface area contributed by atoms with Crippen molar-refractivity contribution in [3.8, 4) is 0 Å². The molecule has 1 aliphatic rings. The maximum Gasteiger partial charge on any atom is 0.0641 e. The molecule has 0 aromatic carbocycles. The fourth-order valence-corrected chi connectivity index (χ4v) is 2.69. The first kappa shape index (κ1) is 13.6. The Kier molecular flexibility index (Phi) is 4.40. The van der Waals surface area contributed by atoms with E-state index >= 15 is 0 Å². The molecule has 18 heavy (non-hydrogen) atoms. The molecule has 4 heteroatoms. The van der Waals surface area contributed by atoms with E-state index in [4.69, 9.17) is 0 Å². The maximum atomic E-state index is 9.53. The zero-order chi connectivity index (χ0) is 13.1. The molecular formula is C14H25N3O. The number of rotatable bonds is 4. The van der Waals surface area contributed by atoms with Crippen molar-refractivity contribution >= 4 is 0 Å². The third kappa shape index (κ3) is 2.93. The number of likely N-dealkylation sites (tertiary alicyclic amines) is 1. The van der Waals surface area contributed by atoms with Crippen molar-refractivity contribution < 1.29 is 5.11 Å². The Labute approximate surface area is 110 Å². The molecule has 0 atom stereocenters. The monoisotopic (exact) mass is 251 g/mol. The first-order chi connectivity index (χ1) is 8.61. The van der Waals surface area contributed by atoms with Gasteiger partial charge in [-0.2, -0.15) is 5.10 Å². The predicted octanol–water partition coefficient (Wildman–Crippen LogP) is 1.87. The second kappa shape index (κ2) is 5.85. The van der Waals surface area contributed by atoms with Crippen molar-refractivity contribution in [2.24, 2.45) is 0 Å². The zero-order valence-corrected chi connectivity index (χ0v) is 11.8. The minimum absolute atomic E-state index is 0.0914. The summed E-state index contributed by atoms with van der Waals surface area (Å²) in [7, 11) is 0. The average Bonchev–Trinajstić information content (AvgIpc) is 2.60. The lowest BCUT2D eigenvalue weighted by molar-refractivity contribution is 0.0791.